The van der Waals surface area contributed by atoms with Gasteiger partial charge in [-0.25, -0.2) is 4.68 Å². The number of rotatable bonds is 5. The van der Waals surface area contributed by atoms with E-state index in [0.29, 0.717) is 12.8 Å². The minimum Gasteiger partial charge on any atom is -0.368 e. The number of piperidine rings is 1. The molecule has 2 N–H and O–H groups in total. The van der Waals surface area contributed by atoms with Crippen LogP contribution in [0.15, 0.2) is 42.7 Å². The highest BCUT2D eigenvalue weighted by Crippen LogP contribution is 2.24. The summed E-state index contributed by atoms with van der Waals surface area (Å²) in [5, 5.41) is 10.6. The van der Waals surface area contributed by atoms with Crippen molar-refractivity contribution in [3.05, 3.63) is 48.3 Å². The van der Waals surface area contributed by atoms with Gasteiger partial charge in [-0.1, -0.05) is 12.1 Å². The highest BCUT2D eigenvalue weighted by molar-refractivity contribution is 5.85. The van der Waals surface area contributed by atoms with Crippen molar-refractivity contribution in [2.75, 3.05) is 20.2 Å². The first-order valence-corrected chi connectivity index (χ1v) is 8.31. The highest BCUT2D eigenvalue weighted by Gasteiger charge is 2.40. The Hall–Kier alpha value is -2.18. The van der Waals surface area contributed by atoms with Crippen LogP contribution in [0.3, 0.4) is 0 Å². The van der Waals surface area contributed by atoms with E-state index in [2.05, 4.69) is 15.7 Å². The number of carbonyl (C=O) groups is 1. The molecule has 1 saturated heterocycles. The lowest BCUT2D eigenvalue weighted by molar-refractivity contribution is -0.147. The Morgan fingerprint density at radius 2 is 2.04 bits per heavy atom. The molecule has 0 saturated carbocycles. The zero-order valence-electron chi connectivity index (χ0n) is 14.2. The molecule has 6 heteroatoms. The Balaban J connectivity index is 1.68. The first-order chi connectivity index (χ1) is 11.6. The Morgan fingerprint density at radius 1 is 1.33 bits per heavy atom. The van der Waals surface area contributed by atoms with Gasteiger partial charge in [-0.15, -0.1) is 0 Å². The van der Waals surface area contributed by atoms with Gasteiger partial charge < -0.3 is 15.4 Å². The molecule has 1 aliphatic rings. The van der Waals surface area contributed by atoms with Crippen molar-refractivity contribution >= 4 is 5.91 Å². The number of hydrogen-bond donors (Lipinski definition) is 2. The number of nitrogens with one attached hydrogen (secondary N) is 2. The molecular weight excluding hydrogens is 304 g/mol. The van der Waals surface area contributed by atoms with Gasteiger partial charge in [0.15, 0.2) is 0 Å². The van der Waals surface area contributed by atoms with Gasteiger partial charge in [0.2, 0.25) is 0 Å². The maximum absolute atomic E-state index is 12.7. The number of hydrogen-bond acceptors (Lipinski definition) is 4. The van der Waals surface area contributed by atoms with Gasteiger partial charge in [0.25, 0.3) is 5.91 Å². The number of aromatic nitrogens is 2. The second kappa shape index (κ2) is 7.15. The summed E-state index contributed by atoms with van der Waals surface area (Å²) in [5.74, 6) is -0.0323. The lowest BCUT2D eigenvalue weighted by Gasteiger charge is -2.35. The quantitative estimate of drug-likeness (QED) is 0.878. The summed E-state index contributed by atoms with van der Waals surface area (Å²) in [6.07, 6.45) is 5.04. The second-order valence-corrected chi connectivity index (χ2v) is 6.19. The first kappa shape index (κ1) is 16.7. The molecular formula is C18H24N4O2. The third-order valence-corrected chi connectivity index (χ3v) is 4.73. The van der Waals surface area contributed by atoms with Crippen LogP contribution in [0.5, 0.6) is 0 Å². The van der Waals surface area contributed by atoms with Crippen LogP contribution in [-0.4, -0.2) is 41.5 Å². The minimum absolute atomic E-state index is 0.0323. The second-order valence-electron chi connectivity index (χ2n) is 6.19. The Morgan fingerprint density at radius 3 is 2.62 bits per heavy atom. The Kier molecular flexibility index (Phi) is 4.97. The number of nitrogens with zero attached hydrogens (tertiary/aromatic N) is 2. The summed E-state index contributed by atoms with van der Waals surface area (Å²) >= 11 is 0. The predicted molar refractivity (Wildman–Crippen MR) is 92.0 cm³/mol. The van der Waals surface area contributed by atoms with Gasteiger partial charge in [0.05, 0.1) is 11.7 Å². The molecule has 1 aliphatic heterocycles. The molecule has 0 spiro atoms. The molecule has 1 fully saturated rings. The number of methoxy groups -OCH3 is 1. The summed E-state index contributed by atoms with van der Waals surface area (Å²) in [6.45, 7) is 3.59. The van der Waals surface area contributed by atoms with Crippen molar-refractivity contribution in [1.29, 1.82) is 0 Å². The summed E-state index contributed by atoms with van der Waals surface area (Å²) < 4.78 is 7.39. The van der Waals surface area contributed by atoms with Crippen LogP contribution in [0.4, 0.5) is 0 Å². The topological polar surface area (TPSA) is 68.2 Å². The number of ether oxygens (including phenoxy) is 1. The molecule has 3 rings (SSSR count). The van der Waals surface area contributed by atoms with E-state index in [1.807, 2.05) is 48.1 Å². The smallest absolute Gasteiger partial charge is 0.252 e. The van der Waals surface area contributed by atoms with Gasteiger partial charge in [0, 0.05) is 19.5 Å². The first-order valence-electron chi connectivity index (χ1n) is 8.31. The maximum atomic E-state index is 12.7. The SMILES string of the molecule is COC1(C(=O)NC(C)c2ccc(-n3cccn3)cc2)CCNCC1. The van der Waals surface area contributed by atoms with Crippen LogP contribution in [-0.2, 0) is 9.53 Å². The van der Waals surface area contributed by atoms with Crippen molar-refractivity contribution in [2.45, 2.75) is 31.4 Å². The third-order valence-electron chi connectivity index (χ3n) is 4.73. The molecule has 0 bridgehead atoms. The zero-order valence-corrected chi connectivity index (χ0v) is 14.2. The van der Waals surface area contributed by atoms with E-state index in [9.17, 15) is 4.79 Å². The fourth-order valence-electron chi connectivity index (χ4n) is 3.10. The normalized spacial score (nSPS) is 18.1. The van der Waals surface area contributed by atoms with Gasteiger partial charge in [-0.05, 0) is 56.6 Å². The van der Waals surface area contributed by atoms with Gasteiger partial charge in [0.1, 0.15) is 5.60 Å². The van der Waals surface area contributed by atoms with E-state index in [1.54, 1.807) is 13.3 Å². The average molecular weight is 328 g/mol. The molecule has 1 atom stereocenters. The van der Waals surface area contributed by atoms with Crippen LogP contribution in [0, 0.1) is 0 Å². The van der Waals surface area contributed by atoms with E-state index in [1.165, 1.54) is 0 Å². The van der Waals surface area contributed by atoms with E-state index in [0.717, 1.165) is 24.3 Å². The van der Waals surface area contributed by atoms with Gasteiger partial charge in [-0.3, -0.25) is 4.79 Å². The van der Waals surface area contributed by atoms with Crippen molar-refractivity contribution in [2.24, 2.45) is 0 Å². The standard InChI is InChI=1S/C18H24N4O2/c1-14(21-17(23)18(24-2)8-11-19-12-9-18)15-4-6-16(7-5-15)22-13-3-10-20-22/h3-7,10,13-14,19H,8-9,11-12H2,1-2H3,(H,21,23). The van der Waals surface area contributed by atoms with Crippen molar-refractivity contribution < 1.29 is 9.53 Å². The molecule has 1 aromatic carbocycles. The van der Waals surface area contributed by atoms with Crippen molar-refractivity contribution in [3.8, 4) is 5.69 Å². The molecule has 24 heavy (non-hydrogen) atoms. The fourth-order valence-corrected chi connectivity index (χ4v) is 3.10. The summed E-state index contributed by atoms with van der Waals surface area (Å²) in [7, 11) is 1.62. The molecule has 6 nitrogen and oxygen atoms in total. The Bertz CT molecular complexity index is 661. The van der Waals surface area contributed by atoms with Gasteiger partial charge >= 0.3 is 0 Å². The average Bonchev–Trinajstić information content (AvgIpc) is 3.17. The minimum atomic E-state index is -0.714. The van der Waals surface area contributed by atoms with Crippen LogP contribution in [0.2, 0.25) is 0 Å². The number of carbonyl (C=O) groups excluding carboxylic acids is 1. The van der Waals surface area contributed by atoms with Crippen molar-refractivity contribution in [1.82, 2.24) is 20.4 Å². The Labute approximate surface area is 142 Å². The molecule has 2 heterocycles. The lowest BCUT2D eigenvalue weighted by Crippen LogP contribution is -2.54. The molecule has 0 radical (unpaired) electrons. The van der Waals surface area contributed by atoms with Crippen LogP contribution in [0.25, 0.3) is 5.69 Å². The maximum Gasteiger partial charge on any atom is 0.252 e. The van der Waals surface area contributed by atoms with Crippen LogP contribution in [0.1, 0.15) is 31.4 Å². The molecule has 1 amide bonds. The van der Waals surface area contributed by atoms with Crippen LogP contribution < -0.4 is 10.6 Å². The summed E-state index contributed by atoms with van der Waals surface area (Å²) in [5.41, 5.74) is 1.34. The highest BCUT2D eigenvalue weighted by atomic mass is 16.5. The molecule has 128 valence electrons. The van der Waals surface area contributed by atoms with E-state index < -0.39 is 5.60 Å². The van der Waals surface area contributed by atoms with E-state index in [-0.39, 0.29) is 11.9 Å². The van der Waals surface area contributed by atoms with E-state index >= 15 is 0 Å². The van der Waals surface area contributed by atoms with Crippen LogP contribution >= 0.6 is 0 Å². The molecule has 2 aromatic rings. The van der Waals surface area contributed by atoms with E-state index in [4.69, 9.17) is 4.74 Å². The van der Waals surface area contributed by atoms with Crippen molar-refractivity contribution in [3.63, 3.8) is 0 Å². The fraction of sp³-hybridized carbons (Fsp3) is 0.444. The molecule has 1 unspecified atom stereocenters. The summed E-state index contributed by atoms with van der Waals surface area (Å²) in [4.78, 5) is 12.7. The third kappa shape index (κ3) is 3.34. The molecule has 1 aromatic heterocycles. The number of amides is 1. The number of benzene rings is 1. The lowest BCUT2D eigenvalue weighted by atomic mass is 9.90. The monoisotopic (exact) mass is 328 g/mol. The van der Waals surface area contributed by atoms with Gasteiger partial charge in [-0.2, -0.15) is 5.10 Å². The molecule has 0 aliphatic carbocycles. The predicted octanol–water partition coefficient (Wildman–Crippen LogP) is 1.82. The zero-order chi connectivity index (χ0) is 17.0. The summed E-state index contributed by atoms with van der Waals surface area (Å²) in [6, 6.07) is 9.85. The largest absolute Gasteiger partial charge is 0.368 e.